The SMILES string of the molecule is CC(C)NC(=O)[C@H]1CCCN1c1nnc(N2CCCC2=O)s1. The molecule has 8 heteroatoms. The summed E-state index contributed by atoms with van der Waals surface area (Å²) in [4.78, 5) is 27.8. The molecule has 0 radical (unpaired) electrons. The van der Waals surface area contributed by atoms with Crippen LogP contribution in [0, 0.1) is 0 Å². The highest BCUT2D eigenvalue weighted by Gasteiger charge is 2.34. The quantitative estimate of drug-likeness (QED) is 0.899. The number of carbonyl (C=O) groups is 2. The van der Waals surface area contributed by atoms with E-state index in [2.05, 4.69) is 15.5 Å². The summed E-state index contributed by atoms with van der Waals surface area (Å²) in [6.45, 7) is 5.43. The fraction of sp³-hybridized carbons (Fsp3) is 0.714. The Balaban J connectivity index is 1.74. The number of aromatic nitrogens is 2. The molecule has 3 rings (SSSR count). The minimum atomic E-state index is -0.183. The Morgan fingerprint density at radius 2 is 2.05 bits per heavy atom. The summed E-state index contributed by atoms with van der Waals surface area (Å²) < 4.78 is 0. The monoisotopic (exact) mass is 323 g/mol. The van der Waals surface area contributed by atoms with Gasteiger partial charge in [0.2, 0.25) is 22.1 Å². The Hall–Kier alpha value is -1.70. The van der Waals surface area contributed by atoms with E-state index in [1.165, 1.54) is 11.3 Å². The van der Waals surface area contributed by atoms with E-state index in [1.807, 2.05) is 18.7 Å². The first kappa shape index (κ1) is 15.2. The molecule has 0 unspecified atom stereocenters. The van der Waals surface area contributed by atoms with Gasteiger partial charge in [-0.25, -0.2) is 0 Å². The molecule has 2 saturated heterocycles. The normalized spacial score (nSPS) is 22.0. The van der Waals surface area contributed by atoms with Gasteiger partial charge in [0.25, 0.3) is 0 Å². The van der Waals surface area contributed by atoms with Crippen molar-refractivity contribution in [3.05, 3.63) is 0 Å². The fourth-order valence-electron chi connectivity index (χ4n) is 2.93. The number of rotatable bonds is 4. The zero-order chi connectivity index (χ0) is 15.7. The lowest BCUT2D eigenvalue weighted by atomic mass is 10.2. The summed E-state index contributed by atoms with van der Waals surface area (Å²) in [5, 5.41) is 12.7. The summed E-state index contributed by atoms with van der Waals surface area (Å²) in [6.07, 6.45) is 3.25. The smallest absolute Gasteiger partial charge is 0.242 e. The van der Waals surface area contributed by atoms with Crippen molar-refractivity contribution in [1.29, 1.82) is 0 Å². The van der Waals surface area contributed by atoms with Crippen molar-refractivity contribution >= 4 is 33.4 Å². The average molecular weight is 323 g/mol. The van der Waals surface area contributed by atoms with Gasteiger partial charge in [-0.2, -0.15) is 0 Å². The van der Waals surface area contributed by atoms with Gasteiger partial charge in [0.15, 0.2) is 0 Å². The lowest BCUT2D eigenvalue weighted by Crippen LogP contribution is -2.45. The van der Waals surface area contributed by atoms with E-state index in [9.17, 15) is 9.59 Å². The van der Waals surface area contributed by atoms with Crippen LogP contribution in [0.4, 0.5) is 10.3 Å². The molecule has 1 atom stereocenters. The summed E-state index contributed by atoms with van der Waals surface area (Å²) in [7, 11) is 0. The predicted molar refractivity (Wildman–Crippen MR) is 85.1 cm³/mol. The van der Waals surface area contributed by atoms with Crippen LogP contribution in [0.3, 0.4) is 0 Å². The number of nitrogens with zero attached hydrogens (tertiary/aromatic N) is 4. The van der Waals surface area contributed by atoms with Crippen LogP contribution in [0.25, 0.3) is 0 Å². The molecule has 2 aliphatic heterocycles. The van der Waals surface area contributed by atoms with E-state index in [-0.39, 0.29) is 23.9 Å². The second-order valence-corrected chi connectivity index (χ2v) is 6.97. The maximum Gasteiger partial charge on any atom is 0.242 e. The molecule has 1 aromatic heterocycles. The third kappa shape index (κ3) is 2.92. The molecule has 0 aromatic carbocycles. The molecule has 7 nitrogen and oxygen atoms in total. The van der Waals surface area contributed by atoms with E-state index < -0.39 is 0 Å². The van der Waals surface area contributed by atoms with Crippen LogP contribution in [0.15, 0.2) is 0 Å². The average Bonchev–Trinajstić information content (AvgIpc) is 3.16. The van der Waals surface area contributed by atoms with E-state index in [1.54, 1.807) is 4.90 Å². The summed E-state index contributed by atoms with van der Waals surface area (Å²) >= 11 is 1.40. The minimum absolute atomic E-state index is 0.0431. The molecule has 2 amide bonds. The van der Waals surface area contributed by atoms with Gasteiger partial charge in [0.05, 0.1) is 0 Å². The van der Waals surface area contributed by atoms with E-state index in [4.69, 9.17) is 0 Å². The van der Waals surface area contributed by atoms with Crippen molar-refractivity contribution in [3.8, 4) is 0 Å². The molecule has 1 N–H and O–H groups in total. The first-order chi connectivity index (χ1) is 10.6. The Labute approximate surface area is 133 Å². The van der Waals surface area contributed by atoms with E-state index in [0.29, 0.717) is 18.1 Å². The van der Waals surface area contributed by atoms with Gasteiger partial charge in [-0.3, -0.25) is 14.5 Å². The molecule has 2 fully saturated rings. The molecule has 0 bridgehead atoms. The maximum absolute atomic E-state index is 12.3. The molecule has 1 aromatic rings. The second-order valence-electron chi connectivity index (χ2n) is 6.03. The molecule has 0 saturated carbocycles. The lowest BCUT2D eigenvalue weighted by Gasteiger charge is -2.23. The number of amides is 2. The molecular weight excluding hydrogens is 302 g/mol. The Morgan fingerprint density at radius 1 is 1.27 bits per heavy atom. The van der Waals surface area contributed by atoms with Crippen LogP contribution in [0.1, 0.15) is 39.5 Å². The van der Waals surface area contributed by atoms with Crippen molar-refractivity contribution in [3.63, 3.8) is 0 Å². The standard InChI is InChI=1S/C14H21N5O2S/c1-9(2)15-12(21)10-5-3-7-18(10)13-16-17-14(22-13)19-8-4-6-11(19)20/h9-10H,3-8H2,1-2H3,(H,15,21)/t10-/m1/s1. The first-order valence-electron chi connectivity index (χ1n) is 7.77. The molecule has 0 spiro atoms. The minimum Gasteiger partial charge on any atom is -0.352 e. The third-order valence-electron chi connectivity index (χ3n) is 3.94. The van der Waals surface area contributed by atoms with Gasteiger partial charge in [-0.1, -0.05) is 11.3 Å². The number of hydrogen-bond acceptors (Lipinski definition) is 6. The van der Waals surface area contributed by atoms with Gasteiger partial charge >= 0.3 is 0 Å². The van der Waals surface area contributed by atoms with Crippen molar-refractivity contribution < 1.29 is 9.59 Å². The second kappa shape index (κ2) is 6.20. The van der Waals surface area contributed by atoms with Crippen LogP contribution in [0.2, 0.25) is 0 Å². The molecule has 2 aliphatic rings. The molecule has 0 aliphatic carbocycles. The number of carbonyl (C=O) groups excluding carboxylic acids is 2. The number of nitrogens with one attached hydrogen (secondary N) is 1. The number of anilines is 2. The maximum atomic E-state index is 12.3. The molecule has 22 heavy (non-hydrogen) atoms. The molecule has 120 valence electrons. The van der Waals surface area contributed by atoms with Crippen LogP contribution >= 0.6 is 11.3 Å². The predicted octanol–water partition coefficient (Wildman–Crippen LogP) is 1.16. The van der Waals surface area contributed by atoms with Gasteiger partial charge < -0.3 is 10.2 Å². The first-order valence-corrected chi connectivity index (χ1v) is 8.59. The highest BCUT2D eigenvalue weighted by Crippen LogP contribution is 2.33. The molecular formula is C14H21N5O2S. The fourth-order valence-corrected chi connectivity index (χ4v) is 3.90. The highest BCUT2D eigenvalue weighted by molar-refractivity contribution is 7.19. The van der Waals surface area contributed by atoms with Crippen molar-refractivity contribution in [1.82, 2.24) is 15.5 Å². The molecule has 3 heterocycles. The van der Waals surface area contributed by atoms with Crippen LogP contribution < -0.4 is 15.1 Å². The van der Waals surface area contributed by atoms with Gasteiger partial charge in [0.1, 0.15) is 6.04 Å². The van der Waals surface area contributed by atoms with Gasteiger partial charge in [0, 0.05) is 25.6 Å². The van der Waals surface area contributed by atoms with Crippen LogP contribution in [-0.4, -0.2) is 47.2 Å². The van der Waals surface area contributed by atoms with Gasteiger partial charge in [-0.05, 0) is 33.1 Å². The van der Waals surface area contributed by atoms with E-state index in [0.717, 1.165) is 30.9 Å². The van der Waals surface area contributed by atoms with Crippen molar-refractivity contribution in [2.75, 3.05) is 22.9 Å². The topological polar surface area (TPSA) is 78.4 Å². The lowest BCUT2D eigenvalue weighted by molar-refractivity contribution is -0.122. The van der Waals surface area contributed by atoms with Crippen LogP contribution in [0.5, 0.6) is 0 Å². The van der Waals surface area contributed by atoms with Crippen molar-refractivity contribution in [2.45, 2.75) is 51.6 Å². The zero-order valence-electron chi connectivity index (χ0n) is 12.9. The Kier molecular flexibility index (Phi) is 4.28. The largest absolute Gasteiger partial charge is 0.352 e. The third-order valence-corrected chi connectivity index (χ3v) is 4.92. The Morgan fingerprint density at radius 3 is 2.73 bits per heavy atom. The summed E-state index contributed by atoms with van der Waals surface area (Å²) in [5.74, 6) is 0.153. The van der Waals surface area contributed by atoms with Gasteiger partial charge in [-0.15, -0.1) is 10.2 Å². The summed E-state index contributed by atoms with van der Waals surface area (Å²) in [6, 6.07) is -0.0559. The van der Waals surface area contributed by atoms with Crippen molar-refractivity contribution in [2.24, 2.45) is 0 Å². The Bertz CT molecular complexity index is 573. The van der Waals surface area contributed by atoms with Crippen LogP contribution in [-0.2, 0) is 9.59 Å². The summed E-state index contributed by atoms with van der Waals surface area (Å²) in [5.41, 5.74) is 0. The number of hydrogen-bond donors (Lipinski definition) is 1. The highest BCUT2D eigenvalue weighted by atomic mass is 32.1. The van der Waals surface area contributed by atoms with E-state index >= 15 is 0 Å². The zero-order valence-corrected chi connectivity index (χ0v) is 13.7.